The van der Waals surface area contributed by atoms with Crippen LogP contribution in [0.2, 0.25) is 0 Å². The molecule has 8 heteroatoms. The summed E-state index contributed by atoms with van der Waals surface area (Å²) in [6, 6.07) is 15.1. The minimum absolute atomic E-state index is 0.0209. The molecular weight excluding hydrogens is 487 g/mol. The van der Waals surface area contributed by atoms with Crippen LogP contribution >= 0.6 is 11.3 Å². The maximum absolute atomic E-state index is 13.7. The van der Waals surface area contributed by atoms with Gasteiger partial charge in [0.15, 0.2) is 0 Å². The zero-order chi connectivity index (χ0) is 25.5. The van der Waals surface area contributed by atoms with Crippen LogP contribution in [0.3, 0.4) is 0 Å². The number of nitrogens with zero attached hydrogens (tertiary/aromatic N) is 4. The summed E-state index contributed by atoms with van der Waals surface area (Å²) in [6.45, 7) is 5.93. The standard InChI is InChI=1S/C29H29FN4O2S/c1-19(35)33-11-9-32(10-12-33)17-20-5-6-22-15-25(8-7-21(22)13-20)34-18-31-26-16-27(37-28(26)29(34)36)23-3-2-4-24(30)14-23/h2-6,13-14,16,18,25H,7-12,15,17H2,1H3. The molecule has 0 saturated carbocycles. The van der Waals surface area contributed by atoms with Crippen molar-refractivity contribution in [2.45, 2.75) is 38.8 Å². The van der Waals surface area contributed by atoms with Gasteiger partial charge in [0.1, 0.15) is 10.5 Å². The van der Waals surface area contributed by atoms with Crippen molar-refractivity contribution in [2.24, 2.45) is 0 Å². The molecule has 37 heavy (non-hydrogen) atoms. The van der Waals surface area contributed by atoms with Crippen molar-refractivity contribution in [3.05, 3.63) is 87.7 Å². The molecule has 0 radical (unpaired) electrons. The van der Waals surface area contributed by atoms with E-state index in [1.165, 1.54) is 40.2 Å². The van der Waals surface area contributed by atoms with Crippen LogP contribution in [0.1, 0.15) is 36.1 Å². The quantitative estimate of drug-likeness (QED) is 0.396. The molecule has 1 atom stereocenters. The Kier molecular flexibility index (Phi) is 6.38. The van der Waals surface area contributed by atoms with Crippen molar-refractivity contribution < 1.29 is 9.18 Å². The van der Waals surface area contributed by atoms with E-state index in [0.717, 1.165) is 62.4 Å². The van der Waals surface area contributed by atoms with Gasteiger partial charge in [0.05, 0.1) is 11.8 Å². The predicted octanol–water partition coefficient (Wildman–Crippen LogP) is 4.66. The Morgan fingerprint density at radius 1 is 1.08 bits per heavy atom. The molecule has 4 aromatic rings. The summed E-state index contributed by atoms with van der Waals surface area (Å²) in [7, 11) is 0. The number of thiophene rings is 1. The second kappa shape index (κ2) is 9.84. The lowest BCUT2D eigenvalue weighted by molar-refractivity contribution is -0.130. The Hall–Kier alpha value is -3.36. The first-order chi connectivity index (χ1) is 17.9. The molecule has 6 nitrogen and oxygen atoms in total. The number of hydrogen-bond acceptors (Lipinski definition) is 5. The molecule has 0 spiro atoms. The van der Waals surface area contributed by atoms with E-state index >= 15 is 0 Å². The van der Waals surface area contributed by atoms with Crippen molar-refractivity contribution in [3.63, 3.8) is 0 Å². The van der Waals surface area contributed by atoms with Gasteiger partial charge < -0.3 is 4.90 Å². The molecule has 2 aromatic heterocycles. The monoisotopic (exact) mass is 516 g/mol. The molecule has 0 bridgehead atoms. The van der Waals surface area contributed by atoms with E-state index in [-0.39, 0.29) is 23.3 Å². The highest BCUT2D eigenvalue weighted by molar-refractivity contribution is 7.22. The molecule has 190 valence electrons. The van der Waals surface area contributed by atoms with Crippen LogP contribution in [0.25, 0.3) is 20.7 Å². The largest absolute Gasteiger partial charge is 0.340 e. The summed E-state index contributed by atoms with van der Waals surface area (Å²) < 4.78 is 16.1. The van der Waals surface area contributed by atoms with Gasteiger partial charge in [0.2, 0.25) is 5.91 Å². The second-order valence-corrected chi connectivity index (χ2v) is 11.1. The van der Waals surface area contributed by atoms with Crippen molar-refractivity contribution in [1.29, 1.82) is 0 Å². The van der Waals surface area contributed by atoms with E-state index in [4.69, 9.17) is 0 Å². The van der Waals surface area contributed by atoms with Crippen molar-refractivity contribution in [3.8, 4) is 10.4 Å². The molecule has 6 rings (SSSR count). The number of benzene rings is 2. The number of piperazine rings is 1. The van der Waals surface area contributed by atoms with Gasteiger partial charge in [-0.1, -0.05) is 30.3 Å². The van der Waals surface area contributed by atoms with Crippen LogP contribution in [0, 0.1) is 5.82 Å². The minimum Gasteiger partial charge on any atom is -0.340 e. The molecule has 1 aliphatic carbocycles. The highest BCUT2D eigenvalue weighted by Gasteiger charge is 2.24. The molecule has 1 amide bonds. The fourth-order valence-corrected chi connectivity index (χ4v) is 6.62. The van der Waals surface area contributed by atoms with E-state index < -0.39 is 0 Å². The molecule has 1 unspecified atom stereocenters. The van der Waals surface area contributed by atoms with Crippen LogP contribution in [-0.4, -0.2) is 51.4 Å². The highest BCUT2D eigenvalue weighted by Crippen LogP contribution is 2.33. The first kappa shape index (κ1) is 24.0. The third-order valence-corrected chi connectivity index (χ3v) is 8.82. The van der Waals surface area contributed by atoms with E-state index in [1.807, 2.05) is 17.0 Å². The lowest BCUT2D eigenvalue weighted by Crippen LogP contribution is -2.47. The Morgan fingerprint density at radius 2 is 1.92 bits per heavy atom. The summed E-state index contributed by atoms with van der Waals surface area (Å²) >= 11 is 1.38. The average Bonchev–Trinajstić information content (AvgIpc) is 3.35. The van der Waals surface area contributed by atoms with Gasteiger partial charge in [-0.05, 0) is 59.7 Å². The van der Waals surface area contributed by atoms with E-state index in [9.17, 15) is 14.0 Å². The third-order valence-electron chi connectivity index (χ3n) is 7.66. The van der Waals surface area contributed by atoms with Gasteiger partial charge in [-0.15, -0.1) is 11.3 Å². The predicted molar refractivity (Wildman–Crippen MR) is 144 cm³/mol. The number of rotatable bonds is 4. The Bertz CT molecular complexity index is 1540. The zero-order valence-electron chi connectivity index (χ0n) is 20.8. The number of carbonyl (C=O) groups excluding carboxylic acids is 1. The van der Waals surface area contributed by atoms with Gasteiger partial charge >= 0.3 is 0 Å². The van der Waals surface area contributed by atoms with Gasteiger partial charge in [0, 0.05) is 50.6 Å². The Labute approximate surface area is 219 Å². The second-order valence-electron chi connectivity index (χ2n) is 10.1. The molecule has 1 saturated heterocycles. The number of amides is 1. The molecule has 3 heterocycles. The third kappa shape index (κ3) is 4.83. The number of carbonyl (C=O) groups is 1. The number of halogens is 1. The highest BCUT2D eigenvalue weighted by atomic mass is 32.1. The van der Waals surface area contributed by atoms with Crippen LogP contribution < -0.4 is 5.56 Å². The minimum atomic E-state index is -0.292. The fraction of sp³-hybridized carbons (Fsp3) is 0.345. The van der Waals surface area contributed by atoms with Gasteiger partial charge in [-0.3, -0.25) is 19.1 Å². The summed E-state index contributed by atoms with van der Waals surface area (Å²) in [4.78, 5) is 34.8. The Balaban J connectivity index is 1.18. The van der Waals surface area contributed by atoms with Crippen molar-refractivity contribution in [1.82, 2.24) is 19.4 Å². The van der Waals surface area contributed by atoms with Gasteiger partial charge in [-0.25, -0.2) is 9.37 Å². The number of hydrogen-bond donors (Lipinski definition) is 0. The molecule has 2 aliphatic rings. The maximum atomic E-state index is 13.7. The summed E-state index contributed by atoms with van der Waals surface area (Å²) in [6.07, 6.45) is 4.30. The lowest BCUT2D eigenvalue weighted by Gasteiger charge is -2.34. The summed E-state index contributed by atoms with van der Waals surface area (Å²) in [5.74, 6) is -0.137. The molecule has 0 N–H and O–H groups in total. The SMILES string of the molecule is CC(=O)N1CCN(Cc2ccc3c(c2)CCC(n2cnc4cc(-c5cccc(F)c5)sc4c2=O)C3)CC1. The average molecular weight is 517 g/mol. The lowest BCUT2D eigenvalue weighted by atomic mass is 9.87. The van der Waals surface area contributed by atoms with E-state index in [2.05, 4.69) is 28.1 Å². The number of aryl methyl sites for hydroxylation is 1. The Morgan fingerprint density at radius 3 is 2.70 bits per heavy atom. The molecule has 1 aliphatic heterocycles. The maximum Gasteiger partial charge on any atom is 0.271 e. The fourth-order valence-electron chi connectivity index (χ4n) is 5.57. The molecule has 2 aromatic carbocycles. The van der Waals surface area contributed by atoms with Crippen LogP contribution in [-0.2, 0) is 24.2 Å². The van der Waals surface area contributed by atoms with E-state index in [1.54, 1.807) is 23.9 Å². The number of aromatic nitrogens is 2. The topological polar surface area (TPSA) is 58.4 Å². The normalized spacial score (nSPS) is 18.2. The smallest absolute Gasteiger partial charge is 0.271 e. The number of fused-ring (bicyclic) bond motifs is 2. The van der Waals surface area contributed by atoms with Crippen molar-refractivity contribution in [2.75, 3.05) is 26.2 Å². The van der Waals surface area contributed by atoms with Crippen molar-refractivity contribution >= 4 is 27.5 Å². The van der Waals surface area contributed by atoms with Gasteiger partial charge in [0.25, 0.3) is 5.56 Å². The van der Waals surface area contributed by atoms with E-state index in [0.29, 0.717) is 10.2 Å². The van der Waals surface area contributed by atoms with Crippen LogP contribution in [0.15, 0.2) is 59.7 Å². The van der Waals surface area contributed by atoms with Crippen LogP contribution in [0.4, 0.5) is 4.39 Å². The first-order valence-electron chi connectivity index (χ1n) is 12.8. The first-order valence-corrected chi connectivity index (χ1v) is 13.6. The van der Waals surface area contributed by atoms with Crippen LogP contribution in [0.5, 0.6) is 0 Å². The molecule has 1 fully saturated rings. The molecular formula is C29H29FN4O2S. The summed E-state index contributed by atoms with van der Waals surface area (Å²) in [5, 5.41) is 0. The summed E-state index contributed by atoms with van der Waals surface area (Å²) in [5.41, 5.74) is 5.36. The van der Waals surface area contributed by atoms with Gasteiger partial charge in [-0.2, -0.15) is 0 Å². The zero-order valence-corrected chi connectivity index (χ0v) is 21.6.